The summed E-state index contributed by atoms with van der Waals surface area (Å²) in [6.45, 7) is 1.31. The summed E-state index contributed by atoms with van der Waals surface area (Å²) < 4.78 is 62.1. The van der Waals surface area contributed by atoms with Crippen molar-refractivity contribution in [3.05, 3.63) is 16.5 Å². The number of halogens is 3. The Morgan fingerprint density at radius 2 is 1.78 bits per heavy atom. The van der Waals surface area contributed by atoms with Gasteiger partial charge in [-0.1, -0.05) is 0 Å². The molecule has 0 N–H and O–H groups in total. The molecule has 0 aliphatic heterocycles. The van der Waals surface area contributed by atoms with Crippen LogP contribution in [0.3, 0.4) is 0 Å². The first-order valence-corrected chi connectivity index (χ1v) is 6.77. The maximum absolute atomic E-state index is 12.1. The minimum absolute atomic E-state index is 0.0336. The number of aryl methyl sites for hydroxylation is 1. The summed E-state index contributed by atoms with van der Waals surface area (Å²) in [5.41, 5.74) is -4.79. The molecule has 98 valence electrons. The molecule has 0 saturated heterocycles. The first-order valence-electron chi connectivity index (χ1n) is 4.42. The fourth-order valence-electron chi connectivity index (χ4n) is 1.10. The molecule has 0 aliphatic carbocycles. The van der Waals surface area contributed by atoms with Gasteiger partial charge in [0, 0.05) is 10.8 Å². The quantitative estimate of drug-likeness (QED) is 0.628. The third-order valence-electron chi connectivity index (χ3n) is 1.91. The molecule has 2 aromatic heterocycles. The van der Waals surface area contributed by atoms with E-state index in [0.717, 1.165) is 0 Å². The second kappa shape index (κ2) is 4.05. The van der Waals surface area contributed by atoms with Crippen LogP contribution in [-0.4, -0.2) is 23.9 Å². The molecule has 0 saturated carbocycles. The minimum Gasteiger partial charge on any atom is -0.353 e. The van der Waals surface area contributed by atoms with Gasteiger partial charge in [-0.15, -0.1) is 11.3 Å². The van der Waals surface area contributed by atoms with Crippen molar-refractivity contribution < 1.29 is 25.8 Å². The number of hydrogen-bond acceptors (Lipinski definition) is 6. The number of aromatic nitrogens is 2. The summed E-state index contributed by atoms with van der Waals surface area (Å²) in [6, 6.07) is 0. The normalized spacial score (nSPS) is 12.9. The van der Waals surface area contributed by atoms with E-state index in [4.69, 9.17) is 0 Å². The molecule has 0 aromatic carbocycles. The van der Waals surface area contributed by atoms with Crippen LogP contribution in [0, 0.1) is 6.92 Å². The van der Waals surface area contributed by atoms with Crippen molar-refractivity contribution >= 4 is 32.5 Å². The van der Waals surface area contributed by atoms with E-state index in [1.165, 1.54) is 23.6 Å². The summed E-state index contributed by atoms with van der Waals surface area (Å²) in [7, 11) is -5.72. The van der Waals surface area contributed by atoms with E-state index < -0.39 is 21.5 Å². The van der Waals surface area contributed by atoms with E-state index in [1.807, 2.05) is 0 Å². The van der Waals surface area contributed by atoms with E-state index in [-0.39, 0.29) is 11.2 Å². The van der Waals surface area contributed by atoms with Gasteiger partial charge in [0.1, 0.15) is 11.2 Å². The Kier molecular flexibility index (Phi) is 2.93. The topological polar surface area (TPSA) is 69.2 Å². The lowest BCUT2D eigenvalue weighted by molar-refractivity contribution is -0.0501. The summed E-state index contributed by atoms with van der Waals surface area (Å²) in [4.78, 5) is 7.57. The van der Waals surface area contributed by atoms with E-state index in [1.54, 1.807) is 5.38 Å². The average molecular weight is 298 g/mol. The van der Waals surface area contributed by atoms with Crippen molar-refractivity contribution in [2.24, 2.45) is 0 Å². The second-order valence-corrected chi connectivity index (χ2v) is 5.52. The molecule has 0 radical (unpaired) electrons. The molecule has 2 rings (SSSR count). The highest BCUT2D eigenvalue weighted by Crippen LogP contribution is 2.28. The van der Waals surface area contributed by atoms with Crippen LogP contribution in [0.5, 0.6) is 5.88 Å². The predicted octanol–water partition coefficient (Wildman–Crippen LogP) is 2.23. The second-order valence-electron chi connectivity index (χ2n) is 3.24. The summed E-state index contributed by atoms with van der Waals surface area (Å²) >= 11 is 1.24. The Morgan fingerprint density at radius 1 is 1.22 bits per heavy atom. The lowest BCUT2D eigenvalue weighted by Gasteiger charge is -2.09. The van der Waals surface area contributed by atoms with Gasteiger partial charge in [-0.3, -0.25) is 0 Å². The third kappa shape index (κ3) is 2.25. The van der Waals surface area contributed by atoms with Crippen molar-refractivity contribution in [1.82, 2.24) is 9.97 Å². The monoisotopic (exact) mass is 298 g/mol. The molecule has 0 atom stereocenters. The van der Waals surface area contributed by atoms with E-state index >= 15 is 0 Å². The van der Waals surface area contributed by atoms with Gasteiger partial charge in [0.15, 0.2) is 0 Å². The fourth-order valence-corrected chi connectivity index (χ4v) is 2.23. The fraction of sp³-hybridized carbons (Fsp3) is 0.250. The van der Waals surface area contributed by atoms with Crippen molar-refractivity contribution in [3.8, 4) is 5.88 Å². The van der Waals surface area contributed by atoms with Crippen LogP contribution < -0.4 is 4.18 Å². The van der Waals surface area contributed by atoms with Crippen LogP contribution in [0.25, 0.3) is 11.0 Å². The van der Waals surface area contributed by atoms with E-state index in [2.05, 4.69) is 14.2 Å². The highest BCUT2D eigenvalue weighted by atomic mass is 32.2. The number of hydrogen-bond donors (Lipinski definition) is 0. The predicted molar refractivity (Wildman–Crippen MR) is 57.8 cm³/mol. The van der Waals surface area contributed by atoms with E-state index in [0.29, 0.717) is 5.52 Å². The molecule has 2 aromatic rings. The van der Waals surface area contributed by atoms with Crippen LogP contribution in [-0.2, 0) is 10.1 Å². The maximum Gasteiger partial charge on any atom is 0.534 e. The van der Waals surface area contributed by atoms with Crippen molar-refractivity contribution in [2.45, 2.75) is 12.4 Å². The molecule has 5 nitrogen and oxygen atoms in total. The number of fused-ring (bicyclic) bond motifs is 1. The lowest BCUT2D eigenvalue weighted by atomic mass is 10.4. The van der Waals surface area contributed by atoms with Gasteiger partial charge >= 0.3 is 15.6 Å². The van der Waals surface area contributed by atoms with Crippen molar-refractivity contribution in [1.29, 1.82) is 0 Å². The SMILES string of the molecule is Cc1nc2cscc2nc1OS(=O)(=O)C(F)(F)F. The Labute approximate surface area is 103 Å². The molecule has 2 heterocycles. The standard InChI is InChI=1S/C8H5F3N2O3S2/c1-4-7(16-18(14,15)8(9,10)11)13-6-3-17-2-5(6)12-4/h2-3H,1H3. The zero-order chi connectivity index (χ0) is 13.6. The largest absolute Gasteiger partial charge is 0.534 e. The molecular weight excluding hydrogens is 293 g/mol. The summed E-state index contributed by atoms with van der Waals surface area (Å²) in [5, 5.41) is 3.16. The molecule has 0 amide bonds. The van der Waals surface area contributed by atoms with Crippen LogP contribution in [0.1, 0.15) is 5.69 Å². The first-order chi connectivity index (χ1) is 8.21. The Balaban J connectivity index is 2.46. The molecule has 0 aliphatic rings. The van der Waals surface area contributed by atoms with Crippen LogP contribution in [0.4, 0.5) is 13.2 Å². The maximum atomic E-state index is 12.1. The number of alkyl halides is 3. The van der Waals surface area contributed by atoms with Gasteiger partial charge in [0.2, 0.25) is 0 Å². The van der Waals surface area contributed by atoms with Crippen LogP contribution >= 0.6 is 11.3 Å². The highest BCUT2D eigenvalue weighted by molar-refractivity contribution is 7.87. The minimum atomic E-state index is -5.72. The third-order valence-corrected chi connectivity index (χ3v) is 3.58. The molecule has 0 fully saturated rings. The smallest absolute Gasteiger partial charge is 0.353 e. The number of thiophene rings is 1. The molecule has 10 heteroatoms. The first kappa shape index (κ1) is 13.0. The van der Waals surface area contributed by atoms with Crippen molar-refractivity contribution in [3.63, 3.8) is 0 Å². The van der Waals surface area contributed by atoms with Gasteiger partial charge < -0.3 is 4.18 Å². The zero-order valence-corrected chi connectivity index (χ0v) is 10.4. The molecule has 0 unspecified atom stereocenters. The van der Waals surface area contributed by atoms with Crippen molar-refractivity contribution in [2.75, 3.05) is 0 Å². The van der Waals surface area contributed by atoms with Gasteiger partial charge in [-0.25, -0.2) is 9.97 Å². The Hall–Kier alpha value is -1.42. The van der Waals surface area contributed by atoms with Gasteiger partial charge in [-0.2, -0.15) is 21.6 Å². The molecule has 18 heavy (non-hydrogen) atoms. The van der Waals surface area contributed by atoms with Gasteiger partial charge in [0.25, 0.3) is 5.88 Å². The van der Waals surface area contributed by atoms with Crippen LogP contribution in [0.15, 0.2) is 10.8 Å². The lowest BCUT2D eigenvalue weighted by Crippen LogP contribution is -2.28. The number of rotatable bonds is 2. The highest BCUT2D eigenvalue weighted by Gasteiger charge is 2.49. The van der Waals surface area contributed by atoms with Gasteiger partial charge in [0.05, 0.1) is 5.52 Å². The molecule has 0 spiro atoms. The van der Waals surface area contributed by atoms with E-state index in [9.17, 15) is 21.6 Å². The molecule has 0 bridgehead atoms. The Morgan fingerprint density at radius 3 is 2.33 bits per heavy atom. The molecular formula is C8H5F3N2O3S2. The summed E-state index contributed by atoms with van der Waals surface area (Å²) in [5.74, 6) is -0.668. The van der Waals surface area contributed by atoms with Gasteiger partial charge in [-0.05, 0) is 6.92 Å². The zero-order valence-electron chi connectivity index (χ0n) is 8.72. The number of nitrogens with zero attached hydrogens (tertiary/aromatic N) is 2. The summed E-state index contributed by atoms with van der Waals surface area (Å²) in [6.07, 6.45) is 0. The Bertz CT molecular complexity index is 693. The average Bonchev–Trinajstić information content (AvgIpc) is 2.63. The van der Waals surface area contributed by atoms with Crippen LogP contribution in [0.2, 0.25) is 0 Å².